The number of halogens is 1. The lowest BCUT2D eigenvalue weighted by atomic mass is 10.1. The van der Waals surface area contributed by atoms with Crippen LogP contribution in [0.5, 0.6) is 0 Å². The van der Waals surface area contributed by atoms with Crippen LogP contribution in [0.15, 0.2) is 36.7 Å². The van der Waals surface area contributed by atoms with Crippen LogP contribution in [0.2, 0.25) is 0 Å². The minimum Gasteiger partial charge on any atom is -0.377 e. The summed E-state index contributed by atoms with van der Waals surface area (Å²) in [6.45, 7) is 5.58. The van der Waals surface area contributed by atoms with Crippen molar-refractivity contribution in [1.82, 2.24) is 9.78 Å². The Kier molecular flexibility index (Phi) is 4.77. The van der Waals surface area contributed by atoms with Crippen molar-refractivity contribution in [2.45, 2.75) is 26.5 Å². The molecule has 1 aromatic carbocycles. The minimum absolute atomic E-state index is 0.274. The Bertz CT molecular complexity index is 491. The summed E-state index contributed by atoms with van der Waals surface area (Å²) in [6.07, 6.45) is 4.24. The van der Waals surface area contributed by atoms with E-state index in [0.29, 0.717) is 6.61 Å². The first-order valence-electron chi connectivity index (χ1n) is 6.05. The smallest absolute Gasteiger partial charge is 0.0666 e. The third-order valence-electron chi connectivity index (χ3n) is 2.58. The number of hydrogen-bond acceptors (Lipinski definition) is 2. The van der Waals surface area contributed by atoms with Gasteiger partial charge in [0.15, 0.2) is 0 Å². The van der Waals surface area contributed by atoms with E-state index < -0.39 is 0 Å². The molecule has 2 aromatic rings. The van der Waals surface area contributed by atoms with Crippen LogP contribution in [-0.4, -0.2) is 22.5 Å². The van der Waals surface area contributed by atoms with E-state index in [4.69, 9.17) is 4.74 Å². The van der Waals surface area contributed by atoms with Crippen molar-refractivity contribution in [1.29, 1.82) is 0 Å². The summed E-state index contributed by atoms with van der Waals surface area (Å²) in [6, 6.07) is 8.45. The molecule has 1 heterocycles. The Balaban J connectivity index is 1.99. The highest BCUT2D eigenvalue weighted by Gasteiger charge is 2.02. The summed E-state index contributed by atoms with van der Waals surface area (Å²) in [5, 5.41) is 4.35. The number of ether oxygens (including phenoxy) is 1. The molecule has 0 radical (unpaired) electrons. The van der Waals surface area contributed by atoms with Gasteiger partial charge >= 0.3 is 0 Å². The fourth-order valence-electron chi connectivity index (χ4n) is 1.66. The molecular formula is C14H17IN2O. The third kappa shape index (κ3) is 3.81. The molecular weight excluding hydrogens is 339 g/mol. The molecule has 0 spiro atoms. The Morgan fingerprint density at radius 2 is 1.94 bits per heavy atom. The van der Waals surface area contributed by atoms with Gasteiger partial charge in [-0.05, 0) is 54.1 Å². The molecule has 0 atom stereocenters. The van der Waals surface area contributed by atoms with E-state index in [0.717, 1.165) is 12.1 Å². The molecule has 18 heavy (non-hydrogen) atoms. The SMILES string of the molecule is CC(C)OCCn1cc(-c2ccc(I)cc2)cn1. The zero-order valence-corrected chi connectivity index (χ0v) is 12.8. The van der Waals surface area contributed by atoms with Gasteiger partial charge < -0.3 is 4.74 Å². The highest BCUT2D eigenvalue weighted by Crippen LogP contribution is 2.19. The van der Waals surface area contributed by atoms with Crippen molar-refractivity contribution in [2.24, 2.45) is 0 Å². The average Bonchev–Trinajstić information content (AvgIpc) is 2.78. The highest BCUT2D eigenvalue weighted by atomic mass is 127. The summed E-state index contributed by atoms with van der Waals surface area (Å²) >= 11 is 2.31. The van der Waals surface area contributed by atoms with E-state index in [2.05, 4.69) is 58.2 Å². The van der Waals surface area contributed by atoms with Crippen molar-refractivity contribution < 1.29 is 4.74 Å². The molecule has 0 aliphatic rings. The lowest BCUT2D eigenvalue weighted by Gasteiger charge is -2.06. The summed E-state index contributed by atoms with van der Waals surface area (Å²) in [5.41, 5.74) is 2.35. The number of benzene rings is 1. The van der Waals surface area contributed by atoms with Crippen LogP contribution >= 0.6 is 22.6 Å². The molecule has 0 saturated heterocycles. The molecule has 4 heteroatoms. The number of nitrogens with zero attached hydrogens (tertiary/aromatic N) is 2. The van der Waals surface area contributed by atoms with Gasteiger partial charge in [-0.3, -0.25) is 4.68 Å². The summed E-state index contributed by atoms with van der Waals surface area (Å²) in [5.74, 6) is 0. The topological polar surface area (TPSA) is 27.1 Å². The van der Waals surface area contributed by atoms with Crippen LogP contribution in [0.4, 0.5) is 0 Å². The fraction of sp³-hybridized carbons (Fsp3) is 0.357. The van der Waals surface area contributed by atoms with Gasteiger partial charge in [0, 0.05) is 15.3 Å². The van der Waals surface area contributed by atoms with Crippen LogP contribution in [0.3, 0.4) is 0 Å². The maximum Gasteiger partial charge on any atom is 0.0666 e. The molecule has 0 bridgehead atoms. The standard InChI is InChI=1S/C14H17IN2O/c1-11(2)18-8-7-17-10-13(9-16-17)12-3-5-14(15)6-4-12/h3-6,9-11H,7-8H2,1-2H3. The van der Waals surface area contributed by atoms with Crippen molar-refractivity contribution in [3.05, 3.63) is 40.2 Å². The quantitative estimate of drug-likeness (QED) is 0.766. The monoisotopic (exact) mass is 356 g/mol. The molecule has 0 fully saturated rings. The van der Waals surface area contributed by atoms with Crippen LogP contribution < -0.4 is 0 Å². The van der Waals surface area contributed by atoms with Gasteiger partial charge in [0.2, 0.25) is 0 Å². The third-order valence-corrected chi connectivity index (χ3v) is 3.30. The molecule has 2 rings (SSSR count). The molecule has 0 N–H and O–H groups in total. The van der Waals surface area contributed by atoms with Crippen LogP contribution in [0, 0.1) is 3.57 Å². The second-order valence-electron chi connectivity index (χ2n) is 4.42. The largest absolute Gasteiger partial charge is 0.377 e. The lowest BCUT2D eigenvalue weighted by molar-refractivity contribution is 0.0710. The van der Waals surface area contributed by atoms with Gasteiger partial charge in [0.05, 0.1) is 25.5 Å². The van der Waals surface area contributed by atoms with Gasteiger partial charge in [0.25, 0.3) is 0 Å². The minimum atomic E-state index is 0.274. The van der Waals surface area contributed by atoms with Crippen LogP contribution in [0.25, 0.3) is 11.1 Å². The molecule has 96 valence electrons. The van der Waals surface area contributed by atoms with E-state index in [9.17, 15) is 0 Å². The molecule has 0 aliphatic carbocycles. The van der Waals surface area contributed by atoms with Crippen molar-refractivity contribution in [3.63, 3.8) is 0 Å². The van der Waals surface area contributed by atoms with E-state index in [1.165, 1.54) is 9.13 Å². The second kappa shape index (κ2) is 6.33. The van der Waals surface area contributed by atoms with Gasteiger partial charge in [-0.15, -0.1) is 0 Å². The summed E-state index contributed by atoms with van der Waals surface area (Å²) in [7, 11) is 0. The van der Waals surface area contributed by atoms with E-state index in [1.54, 1.807) is 0 Å². The first-order valence-corrected chi connectivity index (χ1v) is 7.13. The number of aromatic nitrogens is 2. The molecule has 0 amide bonds. The average molecular weight is 356 g/mol. The Hall–Kier alpha value is -0.880. The summed E-state index contributed by atoms with van der Waals surface area (Å²) < 4.78 is 8.69. The Morgan fingerprint density at radius 1 is 1.22 bits per heavy atom. The maximum atomic E-state index is 5.51. The predicted octanol–water partition coefficient (Wildman–Crippen LogP) is 3.58. The van der Waals surface area contributed by atoms with Crippen molar-refractivity contribution in [2.75, 3.05) is 6.61 Å². The van der Waals surface area contributed by atoms with Crippen LogP contribution in [0.1, 0.15) is 13.8 Å². The van der Waals surface area contributed by atoms with Gasteiger partial charge in [0.1, 0.15) is 0 Å². The number of rotatable bonds is 5. The van der Waals surface area contributed by atoms with E-state index in [1.807, 2.05) is 24.7 Å². The van der Waals surface area contributed by atoms with Gasteiger partial charge in [-0.1, -0.05) is 12.1 Å². The van der Waals surface area contributed by atoms with Gasteiger partial charge in [-0.2, -0.15) is 5.10 Å². The van der Waals surface area contributed by atoms with Crippen LogP contribution in [-0.2, 0) is 11.3 Å². The molecule has 0 unspecified atom stereocenters. The Morgan fingerprint density at radius 3 is 2.61 bits per heavy atom. The zero-order valence-electron chi connectivity index (χ0n) is 10.6. The van der Waals surface area contributed by atoms with Crippen molar-refractivity contribution >= 4 is 22.6 Å². The number of hydrogen-bond donors (Lipinski definition) is 0. The molecule has 3 nitrogen and oxygen atoms in total. The van der Waals surface area contributed by atoms with Crippen molar-refractivity contribution in [3.8, 4) is 11.1 Å². The van der Waals surface area contributed by atoms with Gasteiger partial charge in [-0.25, -0.2) is 0 Å². The normalized spacial score (nSPS) is 11.1. The summed E-state index contributed by atoms with van der Waals surface area (Å²) in [4.78, 5) is 0. The first kappa shape index (κ1) is 13.5. The van der Waals surface area contributed by atoms with E-state index in [-0.39, 0.29) is 6.10 Å². The highest BCUT2D eigenvalue weighted by molar-refractivity contribution is 14.1. The zero-order chi connectivity index (χ0) is 13.0. The Labute approximate surface area is 121 Å². The lowest BCUT2D eigenvalue weighted by Crippen LogP contribution is -2.10. The predicted molar refractivity (Wildman–Crippen MR) is 81.5 cm³/mol. The molecule has 1 aromatic heterocycles. The van der Waals surface area contributed by atoms with E-state index >= 15 is 0 Å². The second-order valence-corrected chi connectivity index (χ2v) is 5.66. The first-order chi connectivity index (χ1) is 8.65. The fourth-order valence-corrected chi connectivity index (χ4v) is 2.02. The molecule has 0 saturated carbocycles. The maximum absolute atomic E-state index is 5.51. The molecule has 0 aliphatic heterocycles.